The second kappa shape index (κ2) is 5.20. The first-order valence-corrected chi connectivity index (χ1v) is 8.24. The molecule has 2 aromatic rings. The van der Waals surface area contributed by atoms with Crippen LogP contribution in [0.3, 0.4) is 0 Å². The van der Waals surface area contributed by atoms with Crippen LogP contribution >= 0.6 is 39.3 Å². The number of hydrogen-bond donors (Lipinski definition) is 1. The number of benzene rings is 1. The molecule has 0 radical (unpaired) electrons. The highest BCUT2D eigenvalue weighted by atomic mass is 79.9. The van der Waals surface area contributed by atoms with Crippen molar-refractivity contribution in [3.05, 3.63) is 15.3 Å². The summed E-state index contributed by atoms with van der Waals surface area (Å²) in [5.41, 5.74) is 0.201. The van der Waals surface area contributed by atoms with Crippen molar-refractivity contribution in [1.82, 2.24) is 9.97 Å². The molecule has 1 atom stereocenters. The second-order valence-electron chi connectivity index (χ2n) is 4.41. The van der Waals surface area contributed by atoms with E-state index in [1.165, 1.54) is 11.8 Å². The van der Waals surface area contributed by atoms with Crippen molar-refractivity contribution < 1.29 is 9.13 Å². The smallest absolute Gasteiger partial charge is 0.189 e. The molecule has 0 spiro atoms. The van der Waals surface area contributed by atoms with E-state index in [9.17, 15) is 4.39 Å². The van der Waals surface area contributed by atoms with Crippen molar-refractivity contribution in [3.8, 4) is 5.75 Å². The van der Waals surface area contributed by atoms with Crippen LogP contribution in [0.2, 0.25) is 5.02 Å². The van der Waals surface area contributed by atoms with E-state index in [1.54, 1.807) is 0 Å². The normalized spacial score (nSPS) is 17.6. The summed E-state index contributed by atoms with van der Waals surface area (Å²) in [5.74, 6) is 0.453. The van der Waals surface area contributed by atoms with E-state index < -0.39 is 5.82 Å². The molecule has 0 aliphatic carbocycles. The van der Waals surface area contributed by atoms with Gasteiger partial charge in [0.15, 0.2) is 16.7 Å². The maximum Gasteiger partial charge on any atom is 0.189 e. The third-order valence-corrected chi connectivity index (χ3v) is 4.83. The molecule has 0 bridgehead atoms. The van der Waals surface area contributed by atoms with Gasteiger partial charge in [-0.2, -0.15) is 0 Å². The molecule has 0 unspecified atom stereocenters. The van der Waals surface area contributed by atoms with E-state index in [1.807, 2.05) is 13.2 Å². The highest BCUT2D eigenvalue weighted by Crippen LogP contribution is 2.45. The minimum absolute atomic E-state index is 0.0353. The van der Waals surface area contributed by atoms with Crippen LogP contribution in [0.1, 0.15) is 6.92 Å². The van der Waals surface area contributed by atoms with Gasteiger partial charge in [-0.3, -0.25) is 0 Å². The Kier molecular flexibility index (Phi) is 3.68. The summed E-state index contributed by atoms with van der Waals surface area (Å²) in [4.78, 5) is 8.63. The predicted molar refractivity (Wildman–Crippen MR) is 82.6 cm³/mol. The van der Waals surface area contributed by atoms with Crippen molar-refractivity contribution >= 4 is 56.0 Å². The summed E-state index contributed by atoms with van der Waals surface area (Å²) in [7, 11) is 0. The van der Waals surface area contributed by atoms with E-state index in [4.69, 9.17) is 16.3 Å². The zero-order valence-electron chi connectivity index (χ0n) is 10.6. The minimum Gasteiger partial charge on any atom is -0.489 e. The Labute approximate surface area is 132 Å². The predicted octanol–water partition coefficient (Wildman–Crippen LogP) is 4.10. The Morgan fingerprint density at radius 3 is 2.95 bits per heavy atom. The zero-order valence-corrected chi connectivity index (χ0v) is 13.8. The van der Waals surface area contributed by atoms with Gasteiger partial charge in [-0.25, -0.2) is 14.4 Å². The maximum absolute atomic E-state index is 14.4. The molecule has 0 amide bonds. The van der Waals surface area contributed by atoms with Crippen LogP contribution in [-0.2, 0) is 0 Å². The first-order valence-electron chi connectivity index (χ1n) is 5.84. The molecule has 106 valence electrons. The fourth-order valence-electron chi connectivity index (χ4n) is 2.04. The van der Waals surface area contributed by atoms with Crippen molar-refractivity contribution in [2.75, 3.05) is 18.2 Å². The Balaban J connectivity index is 2.45. The van der Waals surface area contributed by atoms with Gasteiger partial charge in [0, 0.05) is 0 Å². The molecule has 1 N–H and O–H groups in total. The van der Waals surface area contributed by atoms with Crippen molar-refractivity contribution in [3.63, 3.8) is 0 Å². The summed E-state index contributed by atoms with van der Waals surface area (Å²) in [6.07, 6.45) is 1.84. The number of ether oxygens (including phenoxy) is 1. The molecule has 1 aromatic heterocycles. The van der Waals surface area contributed by atoms with Crippen LogP contribution in [0.5, 0.6) is 5.75 Å². The number of anilines is 1. The number of hydrogen-bond acceptors (Lipinski definition) is 5. The minimum atomic E-state index is -0.507. The molecule has 1 aliphatic heterocycles. The van der Waals surface area contributed by atoms with Gasteiger partial charge in [-0.1, -0.05) is 23.4 Å². The van der Waals surface area contributed by atoms with Crippen molar-refractivity contribution in [2.45, 2.75) is 18.1 Å². The summed E-state index contributed by atoms with van der Waals surface area (Å²) in [6, 6.07) is 0.0353. The van der Waals surface area contributed by atoms with Crippen LogP contribution in [0.4, 0.5) is 10.2 Å². The van der Waals surface area contributed by atoms with E-state index >= 15 is 0 Å². The van der Waals surface area contributed by atoms with E-state index in [0.717, 1.165) is 0 Å². The molecule has 1 aromatic carbocycles. The summed E-state index contributed by atoms with van der Waals surface area (Å²) in [5, 5.41) is 4.38. The average Bonchev–Trinajstić information content (AvgIpc) is 2.60. The topological polar surface area (TPSA) is 47.0 Å². The Morgan fingerprint density at radius 2 is 2.25 bits per heavy atom. The van der Waals surface area contributed by atoms with Crippen LogP contribution < -0.4 is 10.1 Å². The first-order chi connectivity index (χ1) is 9.52. The molecule has 0 fully saturated rings. The van der Waals surface area contributed by atoms with Gasteiger partial charge in [0.2, 0.25) is 0 Å². The average molecular weight is 379 g/mol. The summed E-state index contributed by atoms with van der Waals surface area (Å²) in [6.45, 7) is 2.37. The van der Waals surface area contributed by atoms with Crippen LogP contribution in [0.15, 0.2) is 9.63 Å². The Bertz CT molecular complexity index is 715. The lowest BCUT2D eigenvalue weighted by Gasteiger charge is -2.12. The number of halogens is 3. The number of rotatable bonds is 1. The number of nitrogens with zero attached hydrogens (tertiary/aromatic N) is 2. The third-order valence-electron chi connectivity index (χ3n) is 2.95. The van der Waals surface area contributed by atoms with E-state index in [-0.39, 0.29) is 21.1 Å². The van der Waals surface area contributed by atoms with Gasteiger partial charge in [0.25, 0.3) is 0 Å². The summed E-state index contributed by atoms with van der Waals surface area (Å²) >= 11 is 10.7. The number of aromatic nitrogens is 2. The second-order valence-corrected chi connectivity index (χ2v) is 6.35. The van der Waals surface area contributed by atoms with Gasteiger partial charge < -0.3 is 10.1 Å². The molecular formula is C12H10BrClFN3OS. The van der Waals surface area contributed by atoms with Gasteiger partial charge in [-0.15, -0.1) is 0 Å². The molecule has 8 heteroatoms. The monoisotopic (exact) mass is 377 g/mol. The molecule has 2 heterocycles. The third kappa shape index (κ3) is 2.12. The lowest BCUT2D eigenvalue weighted by atomic mass is 10.2. The number of nitrogens with one attached hydrogen (secondary N) is 1. The molecule has 4 nitrogen and oxygen atoms in total. The molecule has 1 aliphatic rings. The maximum atomic E-state index is 14.4. The molecular weight excluding hydrogens is 369 g/mol. The lowest BCUT2D eigenvalue weighted by molar-refractivity contribution is 0.310. The van der Waals surface area contributed by atoms with E-state index in [0.29, 0.717) is 28.7 Å². The largest absolute Gasteiger partial charge is 0.489 e. The molecule has 0 saturated heterocycles. The van der Waals surface area contributed by atoms with Gasteiger partial charge in [0.05, 0.1) is 15.9 Å². The van der Waals surface area contributed by atoms with Crippen LogP contribution in [-0.4, -0.2) is 28.9 Å². The molecule has 3 rings (SSSR count). The first kappa shape index (κ1) is 14.2. The van der Waals surface area contributed by atoms with E-state index in [2.05, 4.69) is 31.2 Å². The van der Waals surface area contributed by atoms with Crippen molar-refractivity contribution in [1.29, 1.82) is 0 Å². The van der Waals surface area contributed by atoms with Crippen molar-refractivity contribution in [2.24, 2.45) is 0 Å². The highest BCUT2D eigenvalue weighted by molar-refractivity contribution is 9.10. The van der Waals surface area contributed by atoms with Gasteiger partial charge >= 0.3 is 0 Å². The quantitative estimate of drug-likeness (QED) is 0.460. The Hall–Kier alpha value is -0.790. The van der Waals surface area contributed by atoms with Crippen LogP contribution in [0, 0.1) is 5.82 Å². The highest BCUT2D eigenvalue weighted by Gasteiger charge is 2.26. The van der Waals surface area contributed by atoms with Gasteiger partial charge in [0.1, 0.15) is 23.0 Å². The SMILES string of the molecule is CSc1nc2c3c(c(Cl)c(Br)c(F)c3n1)OC[C@H](C)N2. The summed E-state index contributed by atoms with van der Waals surface area (Å²) < 4.78 is 20.3. The standard InChI is InChI=1S/C12H10BrClFN3OS/c1-4-3-19-10-5-9(8(15)6(13)7(10)14)17-12(20-2)18-11(5)16-4/h4H,3H2,1-2H3,(H,16,17,18)/t4-/m0/s1. The fourth-order valence-corrected chi connectivity index (χ4v) is 3.00. The molecule has 20 heavy (non-hydrogen) atoms. The Morgan fingerprint density at radius 1 is 1.50 bits per heavy atom. The van der Waals surface area contributed by atoms with Gasteiger partial charge in [-0.05, 0) is 29.1 Å². The van der Waals surface area contributed by atoms with Crippen LogP contribution in [0.25, 0.3) is 10.9 Å². The molecule has 0 saturated carbocycles. The number of thioether (sulfide) groups is 1. The lowest BCUT2D eigenvalue weighted by Crippen LogP contribution is -2.22. The zero-order chi connectivity index (χ0) is 14.4. The fraction of sp³-hybridized carbons (Fsp3) is 0.333.